The molecule has 0 spiro atoms. The van der Waals surface area contributed by atoms with Crippen molar-refractivity contribution < 1.29 is 14.3 Å². The minimum absolute atomic E-state index is 0.198. The van der Waals surface area contributed by atoms with E-state index in [1.807, 2.05) is 0 Å². The summed E-state index contributed by atoms with van der Waals surface area (Å²) in [5, 5.41) is 0. The van der Waals surface area contributed by atoms with Gasteiger partial charge in [-0.3, -0.25) is 4.79 Å². The summed E-state index contributed by atoms with van der Waals surface area (Å²) in [5.74, 6) is -0.340. The molecular formula is C14H7Br3O3. The topological polar surface area (TPSA) is 43.4 Å². The maximum Gasteiger partial charge on any atom is 0.344 e. The lowest BCUT2D eigenvalue weighted by molar-refractivity contribution is 0.0731. The van der Waals surface area contributed by atoms with Gasteiger partial charge in [-0.15, -0.1) is 0 Å². The molecule has 0 saturated carbocycles. The molecule has 102 valence electrons. The van der Waals surface area contributed by atoms with Crippen LogP contribution in [0.15, 0.2) is 49.8 Å². The van der Waals surface area contributed by atoms with Gasteiger partial charge in [0.05, 0.1) is 15.6 Å². The van der Waals surface area contributed by atoms with E-state index in [1.54, 1.807) is 36.4 Å². The van der Waals surface area contributed by atoms with Gasteiger partial charge in [0, 0.05) is 8.95 Å². The van der Waals surface area contributed by atoms with Crippen molar-refractivity contribution in [2.45, 2.75) is 0 Å². The Morgan fingerprint density at radius 2 is 1.75 bits per heavy atom. The minimum atomic E-state index is -0.538. The monoisotopic (exact) mass is 460 g/mol. The van der Waals surface area contributed by atoms with Crippen LogP contribution in [0.25, 0.3) is 0 Å². The van der Waals surface area contributed by atoms with E-state index in [2.05, 4.69) is 47.8 Å². The van der Waals surface area contributed by atoms with Crippen LogP contribution in [0.4, 0.5) is 0 Å². The van der Waals surface area contributed by atoms with Crippen molar-refractivity contribution in [3.05, 3.63) is 60.9 Å². The number of aldehydes is 1. The first-order valence-corrected chi connectivity index (χ1v) is 7.81. The number of carbonyl (C=O) groups excluding carboxylic acids is 2. The molecular weight excluding hydrogens is 456 g/mol. The molecule has 2 aromatic carbocycles. The molecule has 0 aliphatic rings. The lowest BCUT2D eigenvalue weighted by Gasteiger charge is -2.10. The third-order valence-electron chi connectivity index (χ3n) is 2.45. The number of halogens is 3. The fourth-order valence-corrected chi connectivity index (χ4v) is 3.34. The van der Waals surface area contributed by atoms with Gasteiger partial charge in [0.1, 0.15) is 0 Å². The summed E-state index contributed by atoms with van der Waals surface area (Å²) < 4.78 is 7.19. The molecule has 3 nitrogen and oxygen atoms in total. The summed E-state index contributed by atoms with van der Waals surface area (Å²) in [4.78, 5) is 23.2. The molecule has 0 unspecified atom stereocenters. The average Bonchev–Trinajstić information content (AvgIpc) is 2.41. The van der Waals surface area contributed by atoms with Crippen LogP contribution in [0.1, 0.15) is 20.7 Å². The summed E-state index contributed by atoms with van der Waals surface area (Å²) in [6, 6.07) is 10.2. The number of ether oxygens (including phenoxy) is 1. The lowest BCUT2D eigenvalue weighted by Crippen LogP contribution is -2.11. The Balaban J connectivity index is 2.38. The third-order valence-corrected chi connectivity index (χ3v) is 4.19. The molecule has 0 N–H and O–H groups in total. The van der Waals surface area contributed by atoms with Crippen LogP contribution in [-0.4, -0.2) is 12.3 Å². The fraction of sp³-hybridized carbons (Fsp3) is 0. The van der Waals surface area contributed by atoms with Crippen molar-refractivity contribution in [1.82, 2.24) is 0 Å². The first kappa shape index (κ1) is 15.4. The number of hydrogen-bond donors (Lipinski definition) is 0. The molecule has 0 amide bonds. The zero-order valence-electron chi connectivity index (χ0n) is 9.90. The smallest absolute Gasteiger partial charge is 0.344 e. The summed E-state index contributed by atoms with van der Waals surface area (Å²) in [7, 11) is 0. The third kappa shape index (κ3) is 3.37. The number of hydrogen-bond acceptors (Lipinski definition) is 3. The standard InChI is InChI=1S/C14H7Br3O3/c15-9-5-8(7-18)13(12(17)6-9)20-14(19)10-3-1-2-4-11(10)16/h1-7H. The SMILES string of the molecule is O=Cc1cc(Br)cc(Br)c1OC(=O)c1ccccc1Br. The molecule has 0 atom stereocenters. The van der Waals surface area contributed by atoms with E-state index in [9.17, 15) is 9.59 Å². The largest absolute Gasteiger partial charge is 0.421 e. The molecule has 0 bridgehead atoms. The Morgan fingerprint density at radius 3 is 2.40 bits per heavy atom. The molecule has 0 aromatic heterocycles. The molecule has 0 radical (unpaired) electrons. The second-order valence-corrected chi connectivity index (χ2v) is 6.42. The second kappa shape index (κ2) is 6.65. The van der Waals surface area contributed by atoms with Crippen molar-refractivity contribution in [3.8, 4) is 5.75 Å². The quantitative estimate of drug-likeness (QED) is 0.366. The highest BCUT2D eigenvalue weighted by atomic mass is 79.9. The molecule has 2 rings (SSSR count). The molecule has 6 heteroatoms. The Labute approximate surface area is 140 Å². The van der Waals surface area contributed by atoms with E-state index in [0.29, 0.717) is 25.3 Å². The van der Waals surface area contributed by atoms with Crippen LogP contribution >= 0.6 is 47.8 Å². The number of rotatable bonds is 3. The highest BCUT2D eigenvalue weighted by molar-refractivity contribution is 9.11. The van der Waals surface area contributed by atoms with Crippen LogP contribution < -0.4 is 4.74 Å². The number of esters is 1. The second-order valence-electron chi connectivity index (χ2n) is 3.79. The fourth-order valence-electron chi connectivity index (χ4n) is 1.55. The Bertz CT molecular complexity index is 683. The predicted octanol–water partition coefficient (Wildman–Crippen LogP) is 5.01. The highest BCUT2D eigenvalue weighted by Crippen LogP contribution is 2.33. The maximum atomic E-state index is 12.1. The van der Waals surface area contributed by atoms with E-state index in [1.165, 1.54) is 0 Å². The molecule has 0 fully saturated rings. The Morgan fingerprint density at radius 1 is 1.05 bits per heavy atom. The van der Waals surface area contributed by atoms with E-state index in [0.717, 1.165) is 0 Å². The zero-order valence-corrected chi connectivity index (χ0v) is 14.7. The van der Waals surface area contributed by atoms with Gasteiger partial charge in [-0.2, -0.15) is 0 Å². The van der Waals surface area contributed by atoms with Gasteiger partial charge in [0.25, 0.3) is 0 Å². The molecule has 20 heavy (non-hydrogen) atoms. The van der Waals surface area contributed by atoms with Gasteiger partial charge in [-0.1, -0.05) is 28.1 Å². The van der Waals surface area contributed by atoms with Crippen molar-refractivity contribution in [2.24, 2.45) is 0 Å². The van der Waals surface area contributed by atoms with E-state index in [-0.39, 0.29) is 11.3 Å². The maximum absolute atomic E-state index is 12.1. The summed E-state index contributed by atoms with van der Waals surface area (Å²) in [5.41, 5.74) is 0.672. The van der Waals surface area contributed by atoms with Crippen molar-refractivity contribution in [2.75, 3.05) is 0 Å². The summed E-state index contributed by atoms with van der Waals surface area (Å²) >= 11 is 9.84. The van der Waals surface area contributed by atoms with Crippen molar-refractivity contribution in [1.29, 1.82) is 0 Å². The first-order chi connectivity index (χ1) is 9.52. The highest BCUT2D eigenvalue weighted by Gasteiger charge is 2.17. The van der Waals surface area contributed by atoms with Crippen molar-refractivity contribution in [3.63, 3.8) is 0 Å². The van der Waals surface area contributed by atoms with Gasteiger partial charge in [-0.25, -0.2) is 4.79 Å². The van der Waals surface area contributed by atoms with Gasteiger partial charge < -0.3 is 4.74 Å². The molecule has 0 heterocycles. The zero-order chi connectivity index (χ0) is 14.7. The Hall–Kier alpha value is -0.980. The van der Waals surface area contributed by atoms with Gasteiger partial charge in [0.15, 0.2) is 12.0 Å². The summed E-state index contributed by atoms with van der Waals surface area (Å²) in [6.07, 6.45) is 0.637. The lowest BCUT2D eigenvalue weighted by atomic mass is 10.2. The molecule has 0 aliphatic carbocycles. The van der Waals surface area contributed by atoms with E-state index < -0.39 is 5.97 Å². The van der Waals surface area contributed by atoms with Gasteiger partial charge >= 0.3 is 5.97 Å². The summed E-state index contributed by atoms with van der Waals surface area (Å²) in [6.45, 7) is 0. The number of carbonyl (C=O) groups is 2. The Kier molecular flexibility index (Phi) is 5.12. The molecule has 0 aliphatic heterocycles. The van der Waals surface area contributed by atoms with E-state index >= 15 is 0 Å². The normalized spacial score (nSPS) is 10.2. The van der Waals surface area contributed by atoms with Crippen LogP contribution in [0.5, 0.6) is 5.75 Å². The van der Waals surface area contributed by atoms with Gasteiger partial charge in [0.2, 0.25) is 0 Å². The average molecular weight is 463 g/mol. The first-order valence-electron chi connectivity index (χ1n) is 5.44. The van der Waals surface area contributed by atoms with Gasteiger partial charge in [-0.05, 0) is 56.1 Å². The van der Waals surface area contributed by atoms with Crippen LogP contribution in [0, 0.1) is 0 Å². The minimum Gasteiger partial charge on any atom is -0.421 e. The van der Waals surface area contributed by atoms with Crippen LogP contribution in [-0.2, 0) is 0 Å². The molecule has 2 aromatic rings. The van der Waals surface area contributed by atoms with Crippen LogP contribution in [0.3, 0.4) is 0 Å². The van der Waals surface area contributed by atoms with E-state index in [4.69, 9.17) is 4.74 Å². The number of benzene rings is 2. The van der Waals surface area contributed by atoms with Crippen LogP contribution in [0.2, 0.25) is 0 Å². The predicted molar refractivity (Wildman–Crippen MR) is 86.3 cm³/mol. The van der Waals surface area contributed by atoms with Crippen molar-refractivity contribution >= 4 is 60.0 Å². The molecule has 0 saturated heterocycles.